The number of hydrogen-bond donors (Lipinski definition) is 2. The number of nitrogens with two attached hydrogens (primary N) is 1. The molecule has 1 amide bonds. The van der Waals surface area contributed by atoms with Crippen molar-refractivity contribution in [2.75, 3.05) is 12.3 Å². The molecule has 2 aromatic rings. The van der Waals surface area contributed by atoms with Crippen LogP contribution in [0.15, 0.2) is 47.9 Å². The Morgan fingerprint density at radius 1 is 1.09 bits per heavy atom. The molecule has 0 aromatic heterocycles. The molecule has 0 unspecified atom stereocenters. The summed E-state index contributed by atoms with van der Waals surface area (Å²) in [6, 6.07) is 11.4. The summed E-state index contributed by atoms with van der Waals surface area (Å²) in [5.74, 6) is -1.69. The Morgan fingerprint density at radius 3 is 2.34 bits per heavy atom. The Kier molecular flexibility index (Phi) is 6.90. The third-order valence-electron chi connectivity index (χ3n) is 5.69. The predicted octanol–water partition coefficient (Wildman–Crippen LogP) is 4.49. The van der Waals surface area contributed by atoms with Gasteiger partial charge in [-0.15, -0.1) is 0 Å². The first kappa shape index (κ1) is 23.8. The van der Waals surface area contributed by atoms with Crippen molar-refractivity contribution in [3.63, 3.8) is 0 Å². The summed E-state index contributed by atoms with van der Waals surface area (Å²) in [4.78, 5) is 12.2. The number of nitrogen functional groups attached to an aromatic ring is 1. The van der Waals surface area contributed by atoms with Gasteiger partial charge in [0.1, 0.15) is 12.4 Å². The van der Waals surface area contributed by atoms with E-state index in [2.05, 4.69) is 5.32 Å². The Hall–Kier alpha value is -2.91. The number of halogens is 2. The molecule has 1 saturated heterocycles. The largest absolute Gasteiger partial charge is 0.492 e. The number of alkyl carbamates (subject to hydrolysis) is 1. The molecule has 0 aliphatic carbocycles. The fourth-order valence-corrected chi connectivity index (χ4v) is 3.05. The smallest absolute Gasteiger partial charge is 0.445 e. The summed E-state index contributed by atoms with van der Waals surface area (Å²) in [6.45, 7) is 7.39. The SMILES string of the molecule is CC1(C)OB(C(=Cc2c(F)ccc(N)c2F)CNC(=O)OCc2ccccc2)OC1(C)C. The lowest BCUT2D eigenvalue weighted by atomic mass is 9.77. The van der Waals surface area contributed by atoms with E-state index in [1.54, 1.807) is 0 Å². The number of nitrogens with one attached hydrogen (secondary N) is 1. The molecule has 1 heterocycles. The highest BCUT2D eigenvalue weighted by atomic mass is 19.1. The zero-order valence-corrected chi connectivity index (χ0v) is 18.6. The summed E-state index contributed by atoms with van der Waals surface area (Å²) in [6.07, 6.45) is 0.561. The van der Waals surface area contributed by atoms with Crippen LogP contribution in [-0.2, 0) is 20.7 Å². The topological polar surface area (TPSA) is 82.8 Å². The minimum Gasteiger partial charge on any atom is -0.445 e. The van der Waals surface area contributed by atoms with Gasteiger partial charge in [-0.1, -0.05) is 36.4 Å². The second kappa shape index (κ2) is 9.30. The lowest BCUT2D eigenvalue weighted by Crippen LogP contribution is -2.41. The first-order valence-corrected chi connectivity index (χ1v) is 10.2. The molecule has 170 valence electrons. The van der Waals surface area contributed by atoms with E-state index in [-0.39, 0.29) is 24.4 Å². The second-order valence-electron chi connectivity index (χ2n) is 8.59. The molecule has 1 aliphatic rings. The average Bonchev–Trinajstić information content (AvgIpc) is 2.96. The Balaban J connectivity index is 1.80. The maximum absolute atomic E-state index is 14.5. The molecule has 1 aliphatic heterocycles. The number of hydrogen-bond acceptors (Lipinski definition) is 5. The van der Waals surface area contributed by atoms with E-state index in [1.807, 2.05) is 58.0 Å². The number of rotatable bonds is 6. The maximum Gasteiger partial charge on any atom is 0.492 e. The molecule has 0 radical (unpaired) electrons. The summed E-state index contributed by atoms with van der Waals surface area (Å²) >= 11 is 0. The highest BCUT2D eigenvalue weighted by Gasteiger charge is 2.52. The van der Waals surface area contributed by atoms with E-state index < -0.39 is 36.0 Å². The molecule has 0 saturated carbocycles. The monoisotopic (exact) mass is 444 g/mol. The molecule has 2 aromatic carbocycles. The fourth-order valence-electron chi connectivity index (χ4n) is 3.05. The first-order valence-electron chi connectivity index (χ1n) is 10.2. The Morgan fingerprint density at radius 2 is 1.72 bits per heavy atom. The van der Waals surface area contributed by atoms with Crippen molar-refractivity contribution in [2.45, 2.75) is 45.5 Å². The molecule has 0 atom stereocenters. The molecule has 9 heteroatoms. The van der Waals surface area contributed by atoms with Crippen molar-refractivity contribution >= 4 is 25.0 Å². The summed E-state index contributed by atoms with van der Waals surface area (Å²) in [5, 5.41) is 2.59. The molecule has 6 nitrogen and oxygen atoms in total. The van der Waals surface area contributed by atoms with Crippen LogP contribution in [-0.4, -0.2) is 31.0 Å². The minimum atomic E-state index is -0.936. The Bertz CT molecular complexity index is 997. The van der Waals surface area contributed by atoms with Gasteiger partial charge in [0, 0.05) is 12.1 Å². The van der Waals surface area contributed by atoms with Gasteiger partial charge in [0.25, 0.3) is 0 Å². The summed E-state index contributed by atoms with van der Waals surface area (Å²) < 4.78 is 46.1. The van der Waals surface area contributed by atoms with Crippen LogP contribution in [0, 0.1) is 11.6 Å². The van der Waals surface area contributed by atoms with Crippen molar-refractivity contribution < 1.29 is 27.6 Å². The Labute approximate surface area is 186 Å². The van der Waals surface area contributed by atoms with Gasteiger partial charge < -0.3 is 25.1 Å². The van der Waals surface area contributed by atoms with Gasteiger partial charge in [0.2, 0.25) is 0 Å². The van der Waals surface area contributed by atoms with E-state index in [9.17, 15) is 13.6 Å². The van der Waals surface area contributed by atoms with E-state index in [1.165, 1.54) is 6.08 Å². The van der Waals surface area contributed by atoms with E-state index in [0.717, 1.165) is 17.7 Å². The predicted molar refractivity (Wildman–Crippen MR) is 119 cm³/mol. The highest BCUT2D eigenvalue weighted by molar-refractivity contribution is 6.56. The number of anilines is 1. The minimum absolute atomic E-state index is 0.0840. The number of benzene rings is 2. The third kappa shape index (κ3) is 5.28. The number of ether oxygens (including phenoxy) is 1. The zero-order valence-electron chi connectivity index (χ0n) is 18.6. The number of carbonyl (C=O) groups is 1. The van der Waals surface area contributed by atoms with Crippen LogP contribution in [0.4, 0.5) is 19.3 Å². The second-order valence-corrected chi connectivity index (χ2v) is 8.59. The van der Waals surface area contributed by atoms with Gasteiger partial charge >= 0.3 is 13.2 Å². The summed E-state index contributed by atoms with van der Waals surface area (Å²) in [5.41, 5.74) is 4.84. The van der Waals surface area contributed by atoms with E-state index in [4.69, 9.17) is 19.8 Å². The van der Waals surface area contributed by atoms with Crippen LogP contribution in [0.2, 0.25) is 0 Å². The highest BCUT2D eigenvalue weighted by Crippen LogP contribution is 2.39. The third-order valence-corrected chi connectivity index (χ3v) is 5.69. The quantitative estimate of drug-likeness (QED) is 0.507. The average molecular weight is 444 g/mol. The van der Waals surface area contributed by atoms with Crippen LogP contribution >= 0.6 is 0 Å². The standard InChI is InChI=1S/C23H27BF2N2O4/c1-22(2)23(3,4)32-24(31-22)16(12-17-18(25)10-11-19(27)20(17)26)13-28-21(29)30-14-15-8-6-5-7-9-15/h5-12H,13-14,27H2,1-4H3,(H,28,29). The van der Waals surface area contributed by atoms with E-state index in [0.29, 0.717) is 5.47 Å². The number of carbonyl (C=O) groups excluding carboxylic acids is 1. The molecule has 0 spiro atoms. The van der Waals surface area contributed by atoms with Crippen molar-refractivity contribution in [1.29, 1.82) is 0 Å². The van der Waals surface area contributed by atoms with Crippen LogP contribution in [0.1, 0.15) is 38.8 Å². The van der Waals surface area contributed by atoms with Gasteiger partial charge in [-0.2, -0.15) is 0 Å². The van der Waals surface area contributed by atoms with Crippen LogP contribution in [0.25, 0.3) is 6.08 Å². The molecule has 3 rings (SSSR count). The lowest BCUT2D eigenvalue weighted by Gasteiger charge is -2.32. The van der Waals surface area contributed by atoms with E-state index >= 15 is 0 Å². The molecule has 0 bridgehead atoms. The fraction of sp³-hybridized carbons (Fsp3) is 0.348. The molecular weight excluding hydrogens is 417 g/mol. The normalized spacial score (nSPS) is 17.3. The zero-order chi connectivity index (χ0) is 23.5. The summed E-state index contributed by atoms with van der Waals surface area (Å²) in [7, 11) is -0.936. The molecular formula is C23H27BF2N2O4. The van der Waals surface area contributed by atoms with Crippen molar-refractivity contribution in [3.8, 4) is 0 Å². The maximum atomic E-state index is 14.5. The van der Waals surface area contributed by atoms with Crippen LogP contribution in [0.3, 0.4) is 0 Å². The van der Waals surface area contributed by atoms with Crippen LogP contribution in [0.5, 0.6) is 0 Å². The molecule has 32 heavy (non-hydrogen) atoms. The van der Waals surface area contributed by atoms with Gasteiger partial charge in [-0.05, 0) is 50.9 Å². The van der Waals surface area contributed by atoms with Gasteiger partial charge in [0.05, 0.1) is 16.9 Å². The lowest BCUT2D eigenvalue weighted by molar-refractivity contribution is 0.00578. The van der Waals surface area contributed by atoms with Gasteiger partial charge in [-0.25, -0.2) is 13.6 Å². The molecule has 3 N–H and O–H groups in total. The van der Waals surface area contributed by atoms with Crippen LogP contribution < -0.4 is 11.1 Å². The van der Waals surface area contributed by atoms with Crippen molar-refractivity contribution in [1.82, 2.24) is 5.32 Å². The van der Waals surface area contributed by atoms with Gasteiger partial charge in [0.15, 0.2) is 5.82 Å². The number of amides is 1. The van der Waals surface area contributed by atoms with Crippen molar-refractivity contribution in [2.24, 2.45) is 0 Å². The van der Waals surface area contributed by atoms with Crippen molar-refractivity contribution in [3.05, 3.63) is 70.7 Å². The first-order chi connectivity index (χ1) is 15.0. The van der Waals surface area contributed by atoms with Gasteiger partial charge in [-0.3, -0.25) is 0 Å². The molecule has 1 fully saturated rings.